The predicted octanol–water partition coefficient (Wildman–Crippen LogP) is 2.42. The fraction of sp³-hybridized carbons (Fsp3) is 0.133. The number of rotatable bonds is 3. The second kappa shape index (κ2) is 5.32. The molecule has 0 unspecified atom stereocenters. The Kier molecular flexibility index (Phi) is 3.35. The molecular formula is C15H14FN5. The summed E-state index contributed by atoms with van der Waals surface area (Å²) in [7, 11) is 0. The van der Waals surface area contributed by atoms with Gasteiger partial charge in [0.15, 0.2) is 5.82 Å². The van der Waals surface area contributed by atoms with E-state index in [1.807, 2.05) is 25.1 Å². The Labute approximate surface area is 121 Å². The number of tetrazole rings is 1. The van der Waals surface area contributed by atoms with Gasteiger partial charge in [0.2, 0.25) is 0 Å². The Morgan fingerprint density at radius 1 is 1.19 bits per heavy atom. The van der Waals surface area contributed by atoms with Crippen LogP contribution in [0.25, 0.3) is 11.4 Å². The predicted molar refractivity (Wildman–Crippen MR) is 77.9 cm³/mol. The van der Waals surface area contributed by atoms with Crippen LogP contribution in [0.1, 0.15) is 11.1 Å². The molecule has 0 saturated carbocycles. The zero-order chi connectivity index (χ0) is 14.8. The minimum Gasteiger partial charge on any atom is -0.396 e. The first kappa shape index (κ1) is 13.2. The average Bonchev–Trinajstić information content (AvgIpc) is 2.90. The number of aryl methyl sites for hydroxylation is 1. The lowest BCUT2D eigenvalue weighted by Gasteiger charge is -2.06. The van der Waals surface area contributed by atoms with Crippen molar-refractivity contribution < 1.29 is 4.39 Å². The van der Waals surface area contributed by atoms with Crippen molar-refractivity contribution in [3.63, 3.8) is 0 Å². The summed E-state index contributed by atoms with van der Waals surface area (Å²) in [6.45, 7) is 2.58. The van der Waals surface area contributed by atoms with Crippen LogP contribution in [0.3, 0.4) is 0 Å². The molecule has 0 saturated heterocycles. The minimum absolute atomic E-state index is 0.0811. The number of benzene rings is 2. The van der Waals surface area contributed by atoms with Gasteiger partial charge >= 0.3 is 0 Å². The summed E-state index contributed by atoms with van der Waals surface area (Å²) in [6, 6.07) is 12.6. The Hall–Kier alpha value is -2.76. The Bertz CT molecular complexity index is 781. The maximum Gasteiger partial charge on any atom is 0.182 e. The van der Waals surface area contributed by atoms with Gasteiger partial charge in [0.05, 0.1) is 12.2 Å². The van der Waals surface area contributed by atoms with Crippen LogP contribution in [0.5, 0.6) is 0 Å². The van der Waals surface area contributed by atoms with Crippen LogP contribution >= 0.6 is 0 Å². The van der Waals surface area contributed by atoms with Gasteiger partial charge in [-0.05, 0) is 41.1 Å². The monoisotopic (exact) mass is 283 g/mol. The maximum atomic E-state index is 13.2. The van der Waals surface area contributed by atoms with E-state index >= 15 is 0 Å². The molecule has 1 heterocycles. The van der Waals surface area contributed by atoms with E-state index in [0.717, 1.165) is 5.56 Å². The van der Waals surface area contributed by atoms with Crippen LogP contribution in [0.15, 0.2) is 42.5 Å². The topological polar surface area (TPSA) is 69.6 Å². The van der Waals surface area contributed by atoms with Crippen molar-refractivity contribution in [1.82, 2.24) is 20.2 Å². The number of nitrogens with two attached hydrogens (primary N) is 1. The smallest absolute Gasteiger partial charge is 0.182 e. The summed E-state index contributed by atoms with van der Waals surface area (Å²) in [5.74, 6) is 0.111. The van der Waals surface area contributed by atoms with Gasteiger partial charge in [0, 0.05) is 5.56 Å². The molecule has 2 N–H and O–H groups in total. The van der Waals surface area contributed by atoms with E-state index in [1.54, 1.807) is 10.7 Å². The molecule has 21 heavy (non-hydrogen) atoms. The zero-order valence-corrected chi connectivity index (χ0v) is 11.5. The molecule has 0 atom stereocenters. The molecule has 0 amide bonds. The number of anilines is 1. The van der Waals surface area contributed by atoms with Crippen LogP contribution in [0, 0.1) is 12.7 Å². The number of nitrogen functional groups attached to an aromatic ring is 1. The van der Waals surface area contributed by atoms with Gasteiger partial charge < -0.3 is 5.73 Å². The fourth-order valence-corrected chi connectivity index (χ4v) is 2.18. The largest absolute Gasteiger partial charge is 0.396 e. The lowest BCUT2D eigenvalue weighted by molar-refractivity contribution is 0.632. The first-order valence-corrected chi connectivity index (χ1v) is 6.50. The van der Waals surface area contributed by atoms with Gasteiger partial charge in [-0.2, -0.15) is 0 Å². The summed E-state index contributed by atoms with van der Waals surface area (Å²) in [4.78, 5) is 0. The molecule has 106 valence electrons. The van der Waals surface area contributed by atoms with Crippen LogP contribution in [0.2, 0.25) is 0 Å². The molecule has 3 aromatic rings. The van der Waals surface area contributed by atoms with Crippen molar-refractivity contribution in [3.8, 4) is 11.4 Å². The van der Waals surface area contributed by atoms with Crippen molar-refractivity contribution in [2.24, 2.45) is 0 Å². The van der Waals surface area contributed by atoms with E-state index in [2.05, 4.69) is 21.6 Å². The highest BCUT2D eigenvalue weighted by molar-refractivity contribution is 5.61. The number of nitrogens with zero attached hydrogens (tertiary/aromatic N) is 4. The molecule has 3 rings (SSSR count). The fourth-order valence-electron chi connectivity index (χ4n) is 2.18. The van der Waals surface area contributed by atoms with Gasteiger partial charge in [0.1, 0.15) is 5.82 Å². The summed E-state index contributed by atoms with van der Waals surface area (Å²) in [5, 5.41) is 11.7. The van der Waals surface area contributed by atoms with Gasteiger partial charge in [-0.3, -0.25) is 0 Å². The second-order valence-corrected chi connectivity index (χ2v) is 4.89. The van der Waals surface area contributed by atoms with Gasteiger partial charge in [-0.1, -0.05) is 29.8 Å². The quantitative estimate of drug-likeness (QED) is 0.749. The molecule has 0 aliphatic carbocycles. The molecule has 0 aliphatic heterocycles. The summed E-state index contributed by atoms with van der Waals surface area (Å²) in [5.41, 5.74) is 8.63. The highest BCUT2D eigenvalue weighted by Crippen LogP contribution is 2.21. The first-order valence-electron chi connectivity index (χ1n) is 6.50. The lowest BCUT2D eigenvalue weighted by atomic mass is 10.1. The second-order valence-electron chi connectivity index (χ2n) is 4.89. The van der Waals surface area contributed by atoms with Crippen LogP contribution in [-0.4, -0.2) is 20.2 Å². The van der Waals surface area contributed by atoms with Gasteiger partial charge in [0.25, 0.3) is 0 Å². The Morgan fingerprint density at radius 3 is 2.81 bits per heavy atom. The third kappa shape index (κ3) is 2.74. The first-order chi connectivity index (χ1) is 10.1. The van der Waals surface area contributed by atoms with Gasteiger partial charge in [-0.15, -0.1) is 5.10 Å². The summed E-state index contributed by atoms with van der Waals surface area (Å²) >= 11 is 0. The number of hydrogen-bond acceptors (Lipinski definition) is 4. The summed E-state index contributed by atoms with van der Waals surface area (Å²) < 4.78 is 14.9. The maximum absolute atomic E-state index is 13.2. The Balaban J connectivity index is 1.95. The number of aromatic nitrogens is 4. The number of halogens is 1. The zero-order valence-electron chi connectivity index (χ0n) is 11.5. The van der Waals surface area contributed by atoms with E-state index < -0.39 is 5.82 Å². The third-order valence-corrected chi connectivity index (χ3v) is 3.20. The Morgan fingerprint density at radius 2 is 2.05 bits per heavy atom. The molecule has 0 spiro atoms. The number of hydrogen-bond donors (Lipinski definition) is 1. The normalized spacial score (nSPS) is 10.8. The summed E-state index contributed by atoms with van der Waals surface area (Å²) in [6.07, 6.45) is 0. The molecular weight excluding hydrogens is 269 g/mol. The molecule has 0 bridgehead atoms. The molecule has 5 nitrogen and oxygen atoms in total. The van der Waals surface area contributed by atoms with Crippen molar-refractivity contribution in [3.05, 3.63) is 59.4 Å². The van der Waals surface area contributed by atoms with Crippen molar-refractivity contribution in [1.29, 1.82) is 0 Å². The minimum atomic E-state index is -0.448. The van der Waals surface area contributed by atoms with E-state index in [0.29, 0.717) is 17.9 Å². The third-order valence-electron chi connectivity index (χ3n) is 3.20. The van der Waals surface area contributed by atoms with Crippen LogP contribution in [-0.2, 0) is 6.54 Å². The molecule has 2 aromatic carbocycles. The van der Waals surface area contributed by atoms with Gasteiger partial charge in [-0.25, -0.2) is 9.07 Å². The lowest BCUT2D eigenvalue weighted by Crippen LogP contribution is -2.05. The molecule has 0 aliphatic rings. The van der Waals surface area contributed by atoms with E-state index in [4.69, 9.17) is 5.73 Å². The van der Waals surface area contributed by atoms with Crippen molar-refractivity contribution in [2.75, 3.05) is 5.73 Å². The molecule has 1 aromatic heterocycles. The van der Waals surface area contributed by atoms with E-state index in [1.165, 1.54) is 17.7 Å². The van der Waals surface area contributed by atoms with E-state index in [9.17, 15) is 4.39 Å². The van der Waals surface area contributed by atoms with Crippen LogP contribution in [0.4, 0.5) is 10.1 Å². The van der Waals surface area contributed by atoms with Crippen molar-refractivity contribution in [2.45, 2.75) is 13.5 Å². The highest BCUT2D eigenvalue weighted by Gasteiger charge is 2.11. The van der Waals surface area contributed by atoms with Crippen LogP contribution < -0.4 is 5.73 Å². The van der Waals surface area contributed by atoms with E-state index in [-0.39, 0.29) is 5.69 Å². The average molecular weight is 283 g/mol. The molecule has 0 radical (unpaired) electrons. The SMILES string of the molecule is Cc1cccc(Cn2nnnc2-c2ccc(F)c(N)c2)c1. The highest BCUT2D eigenvalue weighted by atomic mass is 19.1. The molecule has 0 fully saturated rings. The van der Waals surface area contributed by atoms with Crippen molar-refractivity contribution >= 4 is 5.69 Å². The standard InChI is InChI=1S/C15H14FN5/c1-10-3-2-4-11(7-10)9-21-15(18-19-20-21)12-5-6-13(16)14(17)8-12/h2-8H,9,17H2,1H3. The molecule has 6 heteroatoms.